The van der Waals surface area contributed by atoms with E-state index in [9.17, 15) is 0 Å². The summed E-state index contributed by atoms with van der Waals surface area (Å²) in [5.41, 5.74) is 13.9. The maximum absolute atomic E-state index is 6.27. The highest BCUT2D eigenvalue weighted by atomic mass is 35.5. The van der Waals surface area contributed by atoms with Crippen LogP contribution in [0.5, 0.6) is 0 Å². The average molecular weight is 441 g/mol. The highest BCUT2D eigenvalue weighted by Gasteiger charge is 2.27. The Hall–Kier alpha value is -2.13. The van der Waals surface area contributed by atoms with Crippen molar-refractivity contribution < 1.29 is 0 Å². The molecule has 3 aromatic rings. The Morgan fingerprint density at radius 3 is 2.44 bits per heavy atom. The molecule has 0 spiro atoms. The van der Waals surface area contributed by atoms with Gasteiger partial charge in [0.05, 0.1) is 16.6 Å². The second kappa shape index (κ2) is 7.12. The topological polar surface area (TPSA) is 115 Å². The van der Waals surface area contributed by atoms with Crippen LogP contribution in [0, 0.1) is 0 Å². The number of hydrogen-bond acceptors (Lipinski definition) is 8. The molecule has 0 fully saturated rings. The Labute approximate surface area is 173 Å². The molecule has 27 heavy (non-hydrogen) atoms. The monoisotopic (exact) mass is 439 g/mol. The average Bonchev–Trinajstić information content (AvgIpc) is 2.83. The number of aromatic nitrogens is 3. The highest BCUT2D eigenvalue weighted by molar-refractivity contribution is 7.16. The van der Waals surface area contributed by atoms with E-state index >= 15 is 0 Å². The molecule has 1 aliphatic rings. The number of nitrogens with two attached hydrogens (primary N) is 2. The molecule has 0 saturated carbocycles. The lowest BCUT2D eigenvalue weighted by atomic mass is 10.0. The second-order valence-electron chi connectivity index (χ2n) is 5.75. The van der Waals surface area contributed by atoms with Gasteiger partial charge in [-0.2, -0.15) is 9.97 Å². The van der Waals surface area contributed by atoms with Gasteiger partial charge in [-0.25, -0.2) is 9.98 Å². The van der Waals surface area contributed by atoms with Crippen LogP contribution in [-0.2, 0) is 0 Å². The zero-order valence-corrected chi connectivity index (χ0v) is 16.7. The predicted octanol–water partition coefficient (Wildman–Crippen LogP) is 4.74. The van der Waals surface area contributed by atoms with Gasteiger partial charge in [0, 0.05) is 11.4 Å². The molecule has 3 heterocycles. The van der Waals surface area contributed by atoms with Gasteiger partial charge in [0.25, 0.3) is 0 Å². The fourth-order valence-corrected chi connectivity index (χ4v) is 4.39. The van der Waals surface area contributed by atoms with Gasteiger partial charge in [0.15, 0.2) is 16.1 Å². The van der Waals surface area contributed by atoms with Crippen molar-refractivity contribution in [2.75, 3.05) is 16.8 Å². The molecule has 2 aromatic heterocycles. The standard InChI is InChI=1S/C16H12Cl3N7S/c17-7-3-1-6(2-4-7)8-5-9(11-12(18)24-15(19)27-11)23-14-10(22-8)13(20)25-16(21)26-14/h1-4,9H,5H2,(H5,20,21,23,25,26). The fraction of sp³-hybridized carbons (Fsp3) is 0.125. The van der Waals surface area contributed by atoms with Gasteiger partial charge in [-0.15, -0.1) is 11.3 Å². The van der Waals surface area contributed by atoms with E-state index in [4.69, 9.17) is 51.3 Å². The maximum Gasteiger partial charge on any atom is 0.224 e. The summed E-state index contributed by atoms with van der Waals surface area (Å²) < 4.78 is 0.355. The molecule has 7 nitrogen and oxygen atoms in total. The van der Waals surface area contributed by atoms with Gasteiger partial charge in [0.1, 0.15) is 10.8 Å². The van der Waals surface area contributed by atoms with E-state index in [0.29, 0.717) is 32.6 Å². The minimum atomic E-state index is -0.271. The van der Waals surface area contributed by atoms with Crippen molar-refractivity contribution in [2.45, 2.75) is 12.5 Å². The van der Waals surface area contributed by atoms with E-state index in [1.54, 1.807) is 12.1 Å². The first kappa shape index (κ1) is 18.2. The number of nitrogen functional groups attached to an aromatic ring is 2. The molecule has 138 valence electrons. The van der Waals surface area contributed by atoms with Crippen molar-refractivity contribution >= 4 is 75.1 Å². The van der Waals surface area contributed by atoms with Crippen molar-refractivity contribution in [3.05, 3.63) is 49.3 Å². The molecule has 1 atom stereocenters. The van der Waals surface area contributed by atoms with Crippen molar-refractivity contribution in [1.29, 1.82) is 0 Å². The van der Waals surface area contributed by atoms with E-state index in [1.165, 1.54) is 11.3 Å². The molecule has 0 bridgehead atoms. The molecular weight excluding hydrogens is 429 g/mol. The van der Waals surface area contributed by atoms with Crippen molar-refractivity contribution in [3.63, 3.8) is 0 Å². The second-order valence-corrected chi connectivity index (χ2v) is 8.16. The van der Waals surface area contributed by atoms with Crippen molar-refractivity contribution in [3.8, 4) is 0 Å². The summed E-state index contributed by atoms with van der Waals surface area (Å²) in [5, 5.41) is 4.26. The van der Waals surface area contributed by atoms with E-state index in [0.717, 1.165) is 16.2 Å². The van der Waals surface area contributed by atoms with Crippen LogP contribution in [0.2, 0.25) is 14.6 Å². The molecule has 5 N–H and O–H groups in total. The summed E-state index contributed by atoms with van der Waals surface area (Å²) in [6, 6.07) is 7.10. The lowest BCUT2D eigenvalue weighted by Gasteiger charge is -2.17. The maximum atomic E-state index is 6.27. The van der Waals surface area contributed by atoms with Gasteiger partial charge in [0.2, 0.25) is 5.95 Å². The third-order valence-corrected chi connectivity index (χ3v) is 5.89. The van der Waals surface area contributed by atoms with Gasteiger partial charge in [-0.3, -0.25) is 0 Å². The first-order valence-corrected chi connectivity index (χ1v) is 9.70. The van der Waals surface area contributed by atoms with Crippen LogP contribution >= 0.6 is 46.1 Å². The lowest BCUT2D eigenvalue weighted by molar-refractivity contribution is 0.838. The van der Waals surface area contributed by atoms with Gasteiger partial charge in [-0.05, 0) is 17.7 Å². The Bertz CT molecular complexity index is 1050. The lowest BCUT2D eigenvalue weighted by Crippen LogP contribution is -2.15. The smallest absolute Gasteiger partial charge is 0.224 e. The Balaban J connectivity index is 1.87. The third-order valence-electron chi connectivity index (χ3n) is 3.96. The highest BCUT2D eigenvalue weighted by Crippen LogP contribution is 2.41. The number of thiazole rings is 1. The van der Waals surface area contributed by atoms with Gasteiger partial charge in [-0.1, -0.05) is 46.9 Å². The quantitative estimate of drug-likeness (QED) is 0.530. The molecule has 1 aliphatic heterocycles. The summed E-state index contributed by atoms with van der Waals surface area (Å²) in [6.07, 6.45) is 0.496. The number of aliphatic imine (C=N–C) groups is 1. The summed E-state index contributed by atoms with van der Waals surface area (Å²) in [6.45, 7) is 0. The summed E-state index contributed by atoms with van der Waals surface area (Å²) in [5.74, 6) is 0.663. The molecule has 1 unspecified atom stereocenters. The molecule has 0 saturated heterocycles. The van der Waals surface area contributed by atoms with E-state index < -0.39 is 0 Å². The van der Waals surface area contributed by atoms with Crippen LogP contribution in [-0.4, -0.2) is 20.7 Å². The summed E-state index contributed by atoms with van der Waals surface area (Å²) >= 11 is 19.6. The van der Waals surface area contributed by atoms with Crippen LogP contribution in [0.15, 0.2) is 29.3 Å². The Morgan fingerprint density at radius 1 is 1.04 bits per heavy atom. The van der Waals surface area contributed by atoms with Crippen molar-refractivity contribution in [2.24, 2.45) is 4.99 Å². The van der Waals surface area contributed by atoms with E-state index in [2.05, 4.69) is 20.3 Å². The first-order valence-electron chi connectivity index (χ1n) is 7.75. The van der Waals surface area contributed by atoms with E-state index in [-0.39, 0.29) is 17.8 Å². The van der Waals surface area contributed by atoms with Crippen LogP contribution in [0.4, 0.5) is 23.3 Å². The van der Waals surface area contributed by atoms with Gasteiger partial charge < -0.3 is 16.8 Å². The third kappa shape index (κ3) is 3.66. The minimum Gasteiger partial charge on any atom is -0.382 e. The molecule has 0 radical (unpaired) electrons. The fourth-order valence-electron chi connectivity index (χ4n) is 2.78. The zero-order valence-electron chi connectivity index (χ0n) is 13.6. The number of halogens is 3. The van der Waals surface area contributed by atoms with Gasteiger partial charge >= 0.3 is 0 Å². The molecular formula is C16H12Cl3N7S. The number of benzene rings is 1. The van der Waals surface area contributed by atoms with Crippen molar-refractivity contribution in [1.82, 2.24) is 15.0 Å². The van der Waals surface area contributed by atoms with E-state index in [1.807, 2.05) is 12.1 Å². The summed E-state index contributed by atoms with van der Waals surface area (Å²) in [7, 11) is 0. The Kier molecular flexibility index (Phi) is 4.81. The molecule has 1 aromatic carbocycles. The number of nitrogens with zero attached hydrogens (tertiary/aromatic N) is 4. The molecule has 11 heteroatoms. The largest absolute Gasteiger partial charge is 0.382 e. The molecule has 4 rings (SSSR count). The van der Waals surface area contributed by atoms with Crippen LogP contribution < -0.4 is 16.8 Å². The van der Waals surface area contributed by atoms with Crippen LogP contribution in [0.3, 0.4) is 0 Å². The normalized spacial score (nSPS) is 16.3. The van der Waals surface area contributed by atoms with Crippen LogP contribution in [0.25, 0.3) is 0 Å². The SMILES string of the molecule is Nc1nc(N)c2c(n1)NC(c1sc(Cl)nc1Cl)CC(c1ccc(Cl)cc1)=N2. The predicted molar refractivity (Wildman–Crippen MR) is 112 cm³/mol. The number of rotatable bonds is 2. The zero-order chi connectivity index (χ0) is 19.1. The number of anilines is 3. The summed E-state index contributed by atoms with van der Waals surface area (Å²) in [4.78, 5) is 17.8. The Morgan fingerprint density at radius 2 is 1.78 bits per heavy atom. The minimum absolute atomic E-state index is 0.0519. The number of nitrogens with one attached hydrogen (secondary N) is 1. The van der Waals surface area contributed by atoms with Crippen LogP contribution in [0.1, 0.15) is 22.9 Å². The first-order chi connectivity index (χ1) is 12.9. The number of fused-ring (bicyclic) bond motifs is 1. The molecule has 0 aliphatic carbocycles. The molecule has 0 amide bonds. The number of hydrogen-bond donors (Lipinski definition) is 3.